The molecule has 3 rings (SSSR count). The quantitative estimate of drug-likeness (QED) is 0.924. The van der Waals surface area contributed by atoms with Gasteiger partial charge in [0.05, 0.1) is 0 Å². The van der Waals surface area contributed by atoms with Gasteiger partial charge in [0.2, 0.25) is 0 Å². The number of nitrogens with one attached hydrogen (secondary N) is 1. The molecular weight excluding hydrogens is 322 g/mol. The molecule has 2 amide bonds. The fourth-order valence-electron chi connectivity index (χ4n) is 2.86. The van der Waals surface area contributed by atoms with E-state index in [0.717, 1.165) is 31.5 Å². The molecule has 0 unspecified atom stereocenters. The highest BCUT2D eigenvalue weighted by atomic mass is 32.1. The number of thiazole rings is 1. The number of rotatable bonds is 3. The van der Waals surface area contributed by atoms with Crippen LogP contribution in [0, 0.1) is 6.92 Å². The number of hydrogen-bond donors (Lipinski definition) is 1. The Labute approximate surface area is 145 Å². The number of amides is 2. The number of hydrogen-bond acceptors (Lipinski definition) is 4. The summed E-state index contributed by atoms with van der Waals surface area (Å²) in [5.74, 6) is -0.235. The Kier molecular flexibility index (Phi) is 5.25. The van der Waals surface area contributed by atoms with Crippen molar-refractivity contribution in [1.82, 2.24) is 9.88 Å². The van der Waals surface area contributed by atoms with Crippen molar-refractivity contribution in [3.63, 3.8) is 0 Å². The van der Waals surface area contributed by atoms with Crippen LogP contribution in [0.25, 0.3) is 0 Å². The number of benzene rings is 1. The molecule has 1 aromatic heterocycles. The molecule has 6 heteroatoms. The minimum Gasteiger partial charge on any atom is -0.337 e. The van der Waals surface area contributed by atoms with E-state index in [2.05, 4.69) is 10.3 Å². The van der Waals surface area contributed by atoms with Crippen LogP contribution in [-0.2, 0) is 0 Å². The summed E-state index contributed by atoms with van der Waals surface area (Å²) in [5, 5.41) is 4.97. The maximum atomic E-state index is 12.5. The molecule has 0 spiro atoms. The number of carbonyl (C=O) groups is 2. The third-order valence-electron chi connectivity index (χ3n) is 4.23. The Morgan fingerprint density at radius 1 is 1.12 bits per heavy atom. The lowest BCUT2D eigenvalue weighted by Gasteiger charge is -2.18. The predicted octanol–water partition coefficient (Wildman–Crippen LogP) is 3.72. The molecule has 0 atom stereocenters. The normalized spacial score (nSPS) is 15.0. The van der Waals surface area contributed by atoms with E-state index in [1.165, 1.54) is 24.2 Å². The van der Waals surface area contributed by atoms with Crippen LogP contribution in [0.5, 0.6) is 0 Å². The van der Waals surface area contributed by atoms with Crippen LogP contribution in [0.15, 0.2) is 29.6 Å². The largest absolute Gasteiger partial charge is 0.337 e. The van der Waals surface area contributed by atoms with Gasteiger partial charge in [-0.05, 0) is 31.4 Å². The first-order chi connectivity index (χ1) is 11.6. The summed E-state index contributed by atoms with van der Waals surface area (Å²) in [7, 11) is 0. The number of aryl methyl sites for hydroxylation is 1. The molecular formula is C18H21N3O2S. The monoisotopic (exact) mass is 343 g/mol. The van der Waals surface area contributed by atoms with E-state index in [0.29, 0.717) is 16.4 Å². The fourth-order valence-corrected chi connectivity index (χ4v) is 3.54. The molecule has 24 heavy (non-hydrogen) atoms. The van der Waals surface area contributed by atoms with Crippen molar-refractivity contribution in [3.05, 3.63) is 46.5 Å². The molecule has 0 bridgehead atoms. The SMILES string of the molecule is Cc1ccccc1C(=O)Nc1nc(C(=O)N2CCCCCC2)cs1. The third kappa shape index (κ3) is 3.82. The van der Waals surface area contributed by atoms with Gasteiger partial charge in [-0.25, -0.2) is 4.98 Å². The zero-order valence-corrected chi connectivity index (χ0v) is 14.6. The van der Waals surface area contributed by atoms with Crippen LogP contribution in [0.4, 0.5) is 5.13 Å². The van der Waals surface area contributed by atoms with Crippen molar-refractivity contribution in [2.75, 3.05) is 18.4 Å². The average molecular weight is 343 g/mol. The predicted molar refractivity (Wildman–Crippen MR) is 95.6 cm³/mol. The molecule has 2 aromatic rings. The van der Waals surface area contributed by atoms with E-state index < -0.39 is 0 Å². The first-order valence-electron chi connectivity index (χ1n) is 8.27. The average Bonchev–Trinajstić information content (AvgIpc) is 2.87. The van der Waals surface area contributed by atoms with Gasteiger partial charge in [-0.15, -0.1) is 11.3 Å². The van der Waals surface area contributed by atoms with Gasteiger partial charge in [0, 0.05) is 24.0 Å². The standard InChI is InChI=1S/C18H21N3O2S/c1-13-8-4-5-9-14(13)16(22)20-18-19-15(12-24-18)17(23)21-10-6-2-3-7-11-21/h4-5,8-9,12H,2-3,6-7,10-11H2,1H3,(H,19,20,22). The summed E-state index contributed by atoms with van der Waals surface area (Å²) in [6.07, 6.45) is 4.46. The van der Waals surface area contributed by atoms with Gasteiger partial charge in [0.25, 0.3) is 11.8 Å². The van der Waals surface area contributed by atoms with Crippen LogP contribution in [0.2, 0.25) is 0 Å². The van der Waals surface area contributed by atoms with Crippen LogP contribution in [0.1, 0.15) is 52.1 Å². The Bertz CT molecular complexity index is 733. The molecule has 1 saturated heterocycles. The maximum absolute atomic E-state index is 12.5. The molecule has 1 N–H and O–H groups in total. The van der Waals surface area contributed by atoms with Crippen molar-refractivity contribution in [2.45, 2.75) is 32.6 Å². The maximum Gasteiger partial charge on any atom is 0.273 e. The third-order valence-corrected chi connectivity index (χ3v) is 4.98. The molecule has 1 aliphatic heterocycles. The molecule has 126 valence electrons. The van der Waals surface area contributed by atoms with E-state index in [-0.39, 0.29) is 11.8 Å². The molecule has 2 heterocycles. The molecule has 0 saturated carbocycles. The summed E-state index contributed by atoms with van der Waals surface area (Å²) in [5.41, 5.74) is 1.95. The zero-order chi connectivity index (χ0) is 16.9. The van der Waals surface area contributed by atoms with E-state index >= 15 is 0 Å². The fraction of sp³-hybridized carbons (Fsp3) is 0.389. The van der Waals surface area contributed by atoms with E-state index in [1.807, 2.05) is 30.0 Å². The van der Waals surface area contributed by atoms with Crippen molar-refractivity contribution in [3.8, 4) is 0 Å². The second-order valence-corrected chi connectivity index (χ2v) is 6.87. The van der Waals surface area contributed by atoms with Crippen molar-refractivity contribution in [2.24, 2.45) is 0 Å². The molecule has 0 radical (unpaired) electrons. The smallest absolute Gasteiger partial charge is 0.273 e. The topological polar surface area (TPSA) is 62.3 Å². The highest BCUT2D eigenvalue weighted by molar-refractivity contribution is 7.14. The lowest BCUT2D eigenvalue weighted by molar-refractivity contribution is 0.0756. The summed E-state index contributed by atoms with van der Waals surface area (Å²) in [6.45, 7) is 3.48. The van der Waals surface area contributed by atoms with E-state index in [9.17, 15) is 9.59 Å². The van der Waals surface area contributed by atoms with Gasteiger partial charge in [-0.2, -0.15) is 0 Å². The highest BCUT2D eigenvalue weighted by Crippen LogP contribution is 2.20. The number of aromatic nitrogens is 1. The number of anilines is 1. The van der Waals surface area contributed by atoms with Gasteiger partial charge >= 0.3 is 0 Å². The van der Waals surface area contributed by atoms with Crippen LogP contribution < -0.4 is 5.32 Å². The minimum atomic E-state index is -0.198. The van der Waals surface area contributed by atoms with Crippen molar-refractivity contribution < 1.29 is 9.59 Å². The molecule has 0 aliphatic carbocycles. The number of nitrogens with zero attached hydrogens (tertiary/aromatic N) is 2. The Balaban J connectivity index is 1.68. The van der Waals surface area contributed by atoms with E-state index in [1.54, 1.807) is 11.4 Å². The molecule has 1 aromatic carbocycles. The van der Waals surface area contributed by atoms with Gasteiger partial charge in [-0.3, -0.25) is 14.9 Å². The van der Waals surface area contributed by atoms with Crippen molar-refractivity contribution >= 4 is 28.3 Å². The molecule has 1 fully saturated rings. The van der Waals surface area contributed by atoms with Gasteiger partial charge in [-0.1, -0.05) is 31.0 Å². The summed E-state index contributed by atoms with van der Waals surface area (Å²) < 4.78 is 0. The number of carbonyl (C=O) groups excluding carboxylic acids is 2. The summed E-state index contributed by atoms with van der Waals surface area (Å²) in [4.78, 5) is 31.0. The zero-order valence-electron chi connectivity index (χ0n) is 13.7. The second-order valence-electron chi connectivity index (χ2n) is 6.01. The summed E-state index contributed by atoms with van der Waals surface area (Å²) in [6, 6.07) is 7.40. The number of likely N-dealkylation sites (tertiary alicyclic amines) is 1. The van der Waals surface area contributed by atoms with Gasteiger partial charge in [0.15, 0.2) is 5.13 Å². The summed E-state index contributed by atoms with van der Waals surface area (Å²) >= 11 is 1.29. The first-order valence-corrected chi connectivity index (χ1v) is 9.15. The molecule has 1 aliphatic rings. The Hall–Kier alpha value is -2.21. The van der Waals surface area contributed by atoms with Crippen LogP contribution in [-0.4, -0.2) is 34.8 Å². The van der Waals surface area contributed by atoms with Gasteiger partial charge < -0.3 is 4.90 Å². The Morgan fingerprint density at radius 2 is 1.83 bits per heavy atom. The second kappa shape index (κ2) is 7.57. The Morgan fingerprint density at radius 3 is 2.54 bits per heavy atom. The van der Waals surface area contributed by atoms with Crippen LogP contribution in [0.3, 0.4) is 0 Å². The van der Waals surface area contributed by atoms with Crippen LogP contribution >= 0.6 is 11.3 Å². The lowest BCUT2D eigenvalue weighted by Crippen LogP contribution is -2.32. The molecule has 5 nitrogen and oxygen atoms in total. The van der Waals surface area contributed by atoms with Gasteiger partial charge in [0.1, 0.15) is 5.69 Å². The minimum absolute atomic E-state index is 0.0375. The lowest BCUT2D eigenvalue weighted by atomic mass is 10.1. The first kappa shape index (κ1) is 16.6. The highest BCUT2D eigenvalue weighted by Gasteiger charge is 2.20. The van der Waals surface area contributed by atoms with Crippen molar-refractivity contribution in [1.29, 1.82) is 0 Å². The van der Waals surface area contributed by atoms with E-state index in [4.69, 9.17) is 0 Å².